The van der Waals surface area contributed by atoms with E-state index in [1.165, 1.54) is 5.56 Å². The van der Waals surface area contributed by atoms with Gasteiger partial charge < -0.3 is 29.7 Å². The van der Waals surface area contributed by atoms with Crippen molar-refractivity contribution in [3.05, 3.63) is 71.8 Å². The first-order valence-electron chi connectivity index (χ1n) is 17.3. The lowest BCUT2D eigenvalue weighted by atomic mass is 9.81. The Morgan fingerprint density at radius 2 is 1.70 bits per heavy atom. The molecule has 0 bridgehead atoms. The number of nitrogen functional groups attached to an aromatic ring is 1. The van der Waals surface area contributed by atoms with Gasteiger partial charge in [0, 0.05) is 51.4 Å². The standard InChI is InChI=1S/C37H48N6O4/c1-27-7-5-6-10-32(27)33-23-34(35(38)40-39-33)42-17-13-37(14-18-42)26-41(19-20-46-37)24-29-21-31(22-29)47-30-11-15-43(16-12-30)36(44)45-25-28-8-3-2-4-9-28/h2-10,23,29-31H,11-22,24-26H2,1H3,(H2,38,40). The van der Waals surface area contributed by atoms with Gasteiger partial charge in [-0.2, -0.15) is 0 Å². The Morgan fingerprint density at radius 3 is 2.47 bits per heavy atom. The van der Waals surface area contributed by atoms with Crippen LogP contribution in [0.2, 0.25) is 0 Å². The molecule has 7 rings (SSSR count). The van der Waals surface area contributed by atoms with E-state index in [0.717, 1.165) is 100 Å². The predicted molar refractivity (Wildman–Crippen MR) is 182 cm³/mol. The Hall–Kier alpha value is -3.73. The molecule has 47 heavy (non-hydrogen) atoms. The van der Waals surface area contributed by atoms with Crippen LogP contribution in [0.1, 0.15) is 49.7 Å². The van der Waals surface area contributed by atoms with E-state index in [-0.39, 0.29) is 17.8 Å². The van der Waals surface area contributed by atoms with Crippen molar-refractivity contribution in [3.63, 3.8) is 0 Å². The number of likely N-dealkylation sites (tertiary alicyclic amines) is 1. The molecule has 0 radical (unpaired) electrons. The summed E-state index contributed by atoms with van der Waals surface area (Å²) in [4.78, 5) is 19.3. The van der Waals surface area contributed by atoms with E-state index in [1.807, 2.05) is 47.4 Å². The van der Waals surface area contributed by atoms with Gasteiger partial charge in [-0.05, 0) is 68.6 Å². The minimum Gasteiger partial charge on any atom is -0.445 e. The number of hydrogen-bond donors (Lipinski definition) is 1. The van der Waals surface area contributed by atoms with E-state index in [1.54, 1.807) is 0 Å². The number of piperidine rings is 2. The van der Waals surface area contributed by atoms with Gasteiger partial charge in [-0.1, -0.05) is 54.6 Å². The predicted octanol–water partition coefficient (Wildman–Crippen LogP) is 5.30. The van der Waals surface area contributed by atoms with E-state index in [0.29, 0.717) is 37.5 Å². The molecule has 1 spiro atoms. The monoisotopic (exact) mass is 640 g/mol. The normalized spacial score (nSPS) is 23.4. The largest absolute Gasteiger partial charge is 0.445 e. The summed E-state index contributed by atoms with van der Waals surface area (Å²) >= 11 is 0. The average molecular weight is 641 g/mol. The fourth-order valence-electron chi connectivity index (χ4n) is 7.73. The number of benzene rings is 2. The van der Waals surface area contributed by atoms with Crippen molar-refractivity contribution in [3.8, 4) is 11.3 Å². The molecule has 1 saturated carbocycles. The second-order valence-electron chi connectivity index (χ2n) is 13.9. The van der Waals surface area contributed by atoms with Crippen LogP contribution in [-0.2, 0) is 20.8 Å². The molecule has 4 heterocycles. The molecule has 4 aliphatic rings. The number of hydrogen-bond acceptors (Lipinski definition) is 9. The summed E-state index contributed by atoms with van der Waals surface area (Å²) in [6.45, 7) is 9.46. The number of ether oxygens (including phenoxy) is 3. The third-order valence-electron chi connectivity index (χ3n) is 10.6. The minimum absolute atomic E-state index is 0.0985. The van der Waals surface area contributed by atoms with Gasteiger partial charge in [0.1, 0.15) is 6.61 Å². The van der Waals surface area contributed by atoms with Gasteiger partial charge in [0.05, 0.1) is 35.8 Å². The summed E-state index contributed by atoms with van der Waals surface area (Å²) in [6, 6.07) is 20.2. The molecule has 1 aromatic heterocycles. The van der Waals surface area contributed by atoms with E-state index < -0.39 is 0 Å². The third-order valence-corrected chi connectivity index (χ3v) is 10.6. The van der Waals surface area contributed by atoms with Crippen LogP contribution in [0, 0.1) is 12.8 Å². The van der Waals surface area contributed by atoms with Crippen molar-refractivity contribution in [2.75, 3.05) is 63.1 Å². The number of morpholine rings is 1. The highest BCUT2D eigenvalue weighted by molar-refractivity contribution is 5.72. The number of amides is 1. The van der Waals surface area contributed by atoms with Gasteiger partial charge >= 0.3 is 6.09 Å². The first-order valence-corrected chi connectivity index (χ1v) is 17.3. The van der Waals surface area contributed by atoms with Crippen molar-refractivity contribution in [1.82, 2.24) is 20.0 Å². The molecular formula is C37H48N6O4. The second-order valence-corrected chi connectivity index (χ2v) is 13.9. The number of rotatable bonds is 8. The van der Waals surface area contributed by atoms with Crippen LogP contribution < -0.4 is 10.6 Å². The number of carbonyl (C=O) groups excluding carboxylic acids is 1. The second kappa shape index (κ2) is 14.2. The maximum atomic E-state index is 12.5. The maximum Gasteiger partial charge on any atom is 0.410 e. The topological polar surface area (TPSA) is 106 Å². The first kappa shape index (κ1) is 31.8. The Labute approximate surface area is 278 Å². The number of aromatic nitrogens is 2. The average Bonchev–Trinajstić information content (AvgIpc) is 3.08. The van der Waals surface area contributed by atoms with Crippen molar-refractivity contribution < 1.29 is 19.0 Å². The fourth-order valence-corrected chi connectivity index (χ4v) is 7.73. The summed E-state index contributed by atoms with van der Waals surface area (Å²) in [5.41, 5.74) is 11.3. The molecule has 3 saturated heterocycles. The van der Waals surface area contributed by atoms with Gasteiger partial charge in [-0.15, -0.1) is 10.2 Å². The first-order chi connectivity index (χ1) is 22.9. The third kappa shape index (κ3) is 7.55. The lowest BCUT2D eigenvalue weighted by Gasteiger charge is -2.49. The van der Waals surface area contributed by atoms with Crippen molar-refractivity contribution >= 4 is 17.6 Å². The molecule has 2 aromatic carbocycles. The highest BCUT2D eigenvalue weighted by Crippen LogP contribution is 2.38. The lowest BCUT2D eigenvalue weighted by Crippen LogP contribution is -2.58. The molecule has 10 heteroatoms. The Morgan fingerprint density at radius 1 is 0.957 bits per heavy atom. The van der Waals surface area contributed by atoms with Gasteiger partial charge in [0.25, 0.3) is 0 Å². The highest BCUT2D eigenvalue weighted by atomic mass is 16.6. The molecule has 1 amide bonds. The minimum atomic E-state index is -0.226. The van der Waals surface area contributed by atoms with Gasteiger partial charge in [-0.3, -0.25) is 4.90 Å². The molecule has 3 aliphatic heterocycles. The Bertz CT molecular complexity index is 1500. The molecule has 250 valence electrons. The van der Waals surface area contributed by atoms with Crippen LogP contribution in [0.25, 0.3) is 11.3 Å². The van der Waals surface area contributed by atoms with E-state index in [4.69, 9.17) is 19.9 Å². The van der Waals surface area contributed by atoms with Gasteiger partial charge in [-0.25, -0.2) is 4.79 Å². The molecular weight excluding hydrogens is 592 g/mol. The number of nitrogens with zero attached hydrogens (tertiary/aromatic N) is 5. The number of anilines is 2. The van der Waals surface area contributed by atoms with Crippen LogP contribution in [-0.4, -0.2) is 96.3 Å². The molecule has 3 aromatic rings. The molecule has 10 nitrogen and oxygen atoms in total. The van der Waals surface area contributed by atoms with Crippen molar-refractivity contribution in [2.24, 2.45) is 5.92 Å². The van der Waals surface area contributed by atoms with Gasteiger partial charge in [0.2, 0.25) is 0 Å². The molecule has 0 unspecified atom stereocenters. The van der Waals surface area contributed by atoms with Gasteiger partial charge in [0.15, 0.2) is 5.82 Å². The molecule has 4 fully saturated rings. The van der Waals surface area contributed by atoms with E-state index in [2.05, 4.69) is 45.1 Å². The smallest absolute Gasteiger partial charge is 0.410 e. The zero-order valence-electron chi connectivity index (χ0n) is 27.6. The van der Waals surface area contributed by atoms with Crippen molar-refractivity contribution in [2.45, 2.75) is 69.9 Å². The quantitative estimate of drug-likeness (QED) is 0.351. The lowest BCUT2D eigenvalue weighted by molar-refractivity contribution is -0.134. The summed E-state index contributed by atoms with van der Waals surface area (Å²) in [6.07, 6.45) is 6.27. The van der Waals surface area contributed by atoms with Crippen molar-refractivity contribution in [1.29, 1.82) is 0 Å². The van der Waals surface area contributed by atoms with Crippen LogP contribution in [0.4, 0.5) is 16.3 Å². The SMILES string of the molecule is Cc1ccccc1-c1cc(N2CCC3(CC2)CN(CC2CC(OC4CCN(C(=O)OCc5ccccc5)CC4)C2)CCO3)c(N)nn1. The fraction of sp³-hybridized carbons (Fsp3) is 0.541. The zero-order valence-corrected chi connectivity index (χ0v) is 27.6. The number of aryl methyl sites for hydroxylation is 1. The number of carbonyl (C=O) groups is 1. The Kier molecular flexibility index (Phi) is 9.60. The number of nitrogens with two attached hydrogens (primary N) is 1. The van der Waals surface area contributed by atoms with Crippen LogP contribution in [0.3, 0.4) is 0 Å². The summed E-state index contributed by atoms with van der Waals surface area (Å²) in [5, 5.41) is 8.72. The summed E-state index contributed by atoms with van der Waals surface area (Å²) < 4.78 is 18.5. The molecule has 1 aliphatic carbocycles. The van der Waals surface area contributed by atoms with Crippen LogP contribution >= 0.6 is 0 Å². The van der Waals surface area contributed by atoms with E-state index >= 15 is 0 Å². The highest BCUT2D eigenvalue weighted by Gasteiger charge is 2.42. The molecule has 0 atom stereocenters. The Balaban J connectivity index is 0.828. The van der Waals surface area contributed by atoms with E-state index in [9.17, 15) is 4.79 Å². The zero-order chi connectivity index (χ0) is 32.2. The van der Waals surface area contributed by atoms with Crippen LogP contribution in [0.5, 0.6) is 0 Å². The van der Waals surface area contributed by atoms with Crippen LogP contribution in [0.15, 0.2) is 60.7 Å². The maximum absolute atomic E-state index is 12.5. The summed E-state index contributed by atoms with van der Waals surface area (Å²) in [7, 11) is 0. The molecule has 2 N–H and O–H groups in total. The summed E-state index contributed by atoms with van der Waals surface area (Å²) in [5.74, 6) is 1.16.